The molecule has 2 aromatic heterocycles. The topological polar surface area (TPSA) is 63.8 Å². The molecule has 0 bridgehead atoms. The Morgan fingerprint density at radius 1 is 1.21 bits per heavy atom. The number of rotatable bonds is 2. The fourth-order valence-electron chi connectivity index (χ4n) is 2.14. The maximum atomic E-state index is 9.17. The van der Waals surface area contributed by atoms with Crippen LogP contribution in [0.3, 0.4) is 0 Å². The quantitative estimate of drug-likeness (QED) is 0.757. The first-order valence-electron chi connectivity index (χ1n) is 6.04. The number of aliphatic hydroxyl groups is 1. The van der Waals surface area contributed by atoms with Gasteiger partial charge in [-0.3, -0.25) is 0 Å². The van der Waals surface area contributed by atoms with Gasteiger partial charge in [0.2, 0.25) is 0 Å². The SMILES string of the molecule is Cc1cc(-c2ccc3c(c2)ncn3C)nc(CO)n1. The predicted octanol–water partition coefficient (Wildman–Crippen LogP) is 1.83. The van der Waals surface area contributed by atoms with Crippen molar-refractivity contribution in [1.29, 1.82) is 0 Å². The van der Waals surface area contributed by atoms with Crippen LogP contribution < -0.4 is 0 Å². The van der Waals surface area contributed by atoms with Crippen molar-refractivity contribution in [2.45, 2.75) is 13.5 Å². The summed E-state index contributed by atoms with van der Waals surface area (Å²) in [6.45, 7) is 1.74. The van der Waals surface area contributed by atoms with E-state index in [0.717, 1.165) is 28.0 Å². The third-order valence-electron chi connectivity index (χ3n) is 3.06. The number of benzene rings is 1. The van der Waals surface area contributed by atoms with E-state index < -0.39 is 0 Å². The lowest BCUT2D eigenvalue weighted by Gasteiger charge is -2.05. The standard InChI is InChI=1S/C14H14N4O/c1-9-5-11(17-14(7-19)16-9)10-3-4-13-12(6-10)15-8-18(13)2/h3-6,8,19H,7H2,1-2H3. The third kappa shape index (κ3) is 2.08. The van der Waals surface area contributed by atoms with E-state index in [1.165, 1.54) is 0 Å². The van der Waals surface area contributed by atoms with Gasteiger partial charge in [-0.15, -0.1) is 0 Å². The molecule has 0 unspecified atom stereocenters. The number of aromatic nitrogens is 4. The van der Waals surface area contributed by atoms with Crippen molar-refractivity contribution in [3.63, 3.8) is 0 Å². The zero-order chi connectivity index (χ0) is 13.4. The Hall–Kier alpha value is -2.27. The van der Waals surface area contributed by atoms with Gasteiger partial charge in [0.1, 0.15) is 6.61 Å². The summed E-state index contributed by atoms with van der Waals surface area (Å²) in [5, 5.41) is 9.17. The van der Waals surface area contributed by atoms with E-state index in [1.807, 2.05) is 42.8 Å². The third-order valence-corrected chi connectivity index (χ3v) is 3.06. The van der Waals surface area contributed by atoms with Crippen LogP contribution in [0, 0.1) is 6.92 Å². The summed E-state index contributed by atoms with van der Waals surface area (Å²) in [7, 11) is 1.97. The molecule has 0 aliphatic carbocycles. The van der Waals surface area contributed by atoms with Crippen molar-refractivity contribution in [2.75, 3.05) is 0 Å². The Balaban J connectivity index is 2.15. The normalized spacial score (nSPS) is 11.1. The number of aryl methyl sites for hydroxylation is 2. The van der Waals surface area contributed by atoms with Crippen molar-refractivity contribution < 1.29 is 5.11 Å². The first kappa shape index (κ1) is 11.8. The minimum Gasteiger partial charge on any atom is -0.388 e. The fraction of sp³-hybridized carbons (Fsp3) is 0.214. The maximum Gasteiger partial charge on any atom is 0.154 e. The van der Waals surface area contributed by atoms with Gasteiger partial charge in [0, 0.05) is 18.3 Å². The van der Waals surface area contributed by atoms with Gasteiger partial charge in [-0.05, 0) is 25.1 Å². The molecule has 0 amide bonds. The summed E-state index contributed by atoms with van der Waals surface area (Å²) in [5.74, 6) is 0.441. The highest BCUT2D eigenvalue weighted by Gasteiger charge is 2.07. The van der Waals surface area contributed by atoms with E-state index in [2.05, 4.69) is 15.0 Å². The molecule has 0 spiro atoms. The minimum atomic E-state index is -0.152. The molecule has 19 heavy (non-hydrogen) atoms. The Morgan fingerprint density at radius 3 is 2.84 bits per heavy atom. The lowest BCUT2D eigenvalue weighted by atomic mass is 10.1. The molecule has 5 heteroatoms. The molecule has 3 aromatic rings. The fourth-order valence-corrected chi connectivity index (χ4v) is 2.14. The van der Waals surface area contributed by atoms with Gasteiger partial charge in [-0.1, -0.05) is 6.07 Å². The number of nitrogens with zero attached hydrogens (tertiary/aromatic N) is 4. The number of hydrogen-bond acceptors (Lipinski definition) is 4. The largest absolute Gasteiger partial charge is 0.388 e. The van der Waals surface area contributed by atoms with E-state index in [9.17, 15) is 0 Å². The van der Waals surface area contributed by atoms with Crippen molar-refractivity contribution in [3.8, 4) is 11.3 Å². The van der Waals surface area contributed by atoms with Crippen LogP contribution in [0.4, 0.5) is 0 Å². The first-order chi connectivity index (χ1) is 9.17. The summed E-state index contributed by atoms with van der Waals surface area (Å²) in [5.41, 5.74) is 4.64. The van der Waals surface area contributed by atoms with E-state index in [0.29, 0.717) is 5.82 Å². The van der Waals surface area contributed by atoms with Crippen LogP contribution in [0.15, 0.2) is 30.6 Å². The summed E-state index contributed by atoms with van der Waals surface area (Å²) in [6, 6.07) is 7.93. The molecule has 2 heterocycles. The van der Waals surface area contributed by atoms with Crippen LogP contribution >= 0.6 is 0 Å². The molecular weight excluding hydrogens is 240 g/mol. The molecule has 1 aromatic carbocycles. The van der Waals surface area contributed by atoms with Gasteiger partial charge in [-0.2, -0.15) is 0 Å². The zero-order valence-corrected chi connectivity index (χ0v) is 10.8. The molecule has 0 atom stereocenters. The number of imidazole rings is 1. The monoisotopic (exact) mass is 254 g/mol. The van der Waals surface area contributed by atoms with Crippen LogP contribution in [0.5, 0.6) is 0 Å². The Labute approximate surface area is 110 Å². The second-order valence-corrected chi connectivity index (χ2v) is 4.53. The lowest BCUT2D eigenvalue weighted by molar-refractivity contribution is 0.271. The molecule has 0 saturated carbocycles. The zero-order valence-electron chi connectivity index (χ0n) is 10.8. The van der Waals surface area contributed by atoms with Crippen molar-refractivity contribution >= 4 is 11.0 Å². The highest BCUT2D eigenvalue weighted by atomic mass is 16.3. The van der Waals surface area contributed by atoms with E-state index in [4.69, 9.17) is 5.11 Å². The van der Waals surface area contributed by atoms with Crippen LogP contribution in [0.25, 0.3) is 22.3 Å². The average molecular weight is 254 g/mol. The minimum absolute atomic E-state index is 0.152. The molecule has 0 radical (unpaired) electrons. The molecule has 0 fully saturated rings. The predicted molar refractivity (Wildman–Crippen MR) is 72.4 cm³/mol. The summed E-state index contributed by atoms with van der Waals surface area (Å²) >= 11 is 0. The van der Waals surface area contributed by atoms with Crippen molar-refractivity contribution in [1.82, 2.24) is 19.5 Å². The average Bonchev–Trinajstić information content (AvgIpc) is 2.79. The molecule has 96 valence electrons. The molecule has 3 rings (SSSR count). The molecular formula is C14H14N4O. The Morgan fingerprint density at radius 2 is 2.05 bits per heavy atom. The van der Waals surface area contributed by atoms with E-state index >= 15 is 0 Å². The Bertz CT molecular complexity index is 748. The first-order valence-corrected chi connectivity index (χ1v) is 6.04. The smallest absolute Gasteiger partial charge is 0.154 e. The summed E-state index contributed by atoms with van der Waals surface area (Å²) < 4.78 is 1.98. The van der Waals surface area contributed by atoms with Gasteiger partial charge in [0.15, 0.2) is 5.82 Å². The summed E-state index contributed by atoms with van der Waals surface area (Å²) in [6.07, 6.45) is 1.79. The molecule has 0 aliphatic heterocycles. The van der Waals surface area contributed by atoms with E-state index in [1.54, 1.807) is 6.33 Å². The van der Waals surface area contributed by atoms with Crippen LogP contribution in [-0.4, -0.2) is 24.6 Å². The van der Waals surface area contributed by atoms with Gasteiger partial charge in [0.05, 0.1) is 23.1 Å². The highest BCUT2D eigenvalue weighted by Crippen LogP contribution is 2.22. The van der Waals surface area contributed by atoms with Crippen LogP contribution in [-0.2, 0) is 13.7 Å². The van der Waals surface area contributed by atoms with Crippen molar-refractivity contribution in [3.05, 3.63) is 42.1 Å². The van der Waals surface area contributed by atoms with Gasteiger partial charge in [-0.25, -0.2) is 15.0 Å². The molecule has 0 saturated heterocycles. The second-order valence-electron chi connectivity index (χ2n) is 4.53. The number of fused-ring (bicyclic) bond motifs is 1. The van der Waals surface area contributed by atoms with E-state index in [-0.39, 0.29) is 6.61 Å². The van der Waals surface area contributed by atoms with Gasteiger partial charge in [0.25, 0.3) is 0 Å². The van der Waals surface area contributed by atoms with Crippen LogP contribution in [0.2, 0.25) is 0 Å². The highest BCUT2D eigenvalue weighted by molar-refractivity contribution is 5.81. The van der Waals surface area contributed by atoms with Gasteiger partial charge < -0.3 is 9.67 Å². The lowest BCUT2D eigenvalue weighted by Crippen LogP contribution is -1.98. The maximum absolute atomic E-state index is 9.17. The number of hydrogen-bond donors (Lipinski definition) is 1. The second kappa shape index (κ2) is 4.44. The Kier molecular flexibility index (Phi) is 2.76. The van der Waals surface area contributed by atoms with Gasteiger partial charge >= 0.3 is 0 Å². The number of aliphatic hydroxyl groups excluding tert-OH is 1. The summed E-state index contributed by atoms with van der Waals surface area (Å²) in [4.78, 5) is 12.8. The van der Waals surface area contributed by atoms with Crippen molar-refractivity contribution in [2.24, 2.45) is 7.05 Å². The molecule has 5 nitrogen and oxygen atoms in total. The molecule has 0 aliphatic rings. The van der Waals surface area contributed by atoms with Crippen LogP contribution in [0.1, 0.15) is 11.5 Å². The molecule has 1 N–H and O–H groups in total.